The van der Waals surface area contributed by atoms with E-state index in [1.807, 2.05) is 12.1 Å². The molecule has 7 heteroatoms. The molecule has 6 nitrogen and oxygen atoms in total. The first-order valence-corrected chi connectivity index (χ1v) is 7.88. The van der Waals surface area contributed by atoms with Gasteiger partial charge in [-0.25, -0.2) is 0 Å². The Balaban J connectivity index is 1.59. The highest BCUT2D eigenvalue weighted by Gasteiger charge is 2.19. The minimum Gasteiger partial charge on any atom is -0.342 e. The van der Waals surface area contributed by atoms with Gasteiger partial charge in [-0.2, -0.15) is 5.10 Å². The SMILES string of the molecule is O=C(NCC(=O)N1CCCC1)c1cc(-c2ccc(Cl)cc2)n[nH]1. The van der Waals surface area contributed by atoms with E-state index in [-0.39, 0.29) is 18.4 Å². The van der Waals surface area contributed by atoms with Gasteiger partial charge in [0.15, 0.2) is 0 Å². The molecule has 1 saturated heterocycles. The molecular formula is C16H17ClN4O2. The second kappa shape index (κ2) is 6.83. The quantitative estimate of drug-likeness (QED) is 0.899. The van der Waals surface area contributed by atoms with Gasteiger partial charge in [0.1, 0.15) is 5.69 Å². The number of nitrogens with zero attached hydrogens (tertiary/aromatic N) is 2. The van der Waals surface area contributed by atoms with Crippen LogP contribution in [0.25, 0.3) is 11.3 Å². The molecule has 1 aliphatic heterocycles. The predicted octanol–water partition coefficient (Wildman–Crippen LogP) is 2.08. The first-order chi connectivity index (χ1) is 11.1. The van der Waals surface area contributed by atoms with Crippen molar-refractivity contribution in [3.63, 3.8) is 0 Å². The monoisotopic (exact) mass is 332 g/mol. The standard InChI is InChI=1S/C16H17ClN4O2/c17-12-5-3-11(4-6-12)13-9-14(20-19-13)16(23)18-10-15(22)21-7-1-2-8-21/h3-6,9H,1-2,7-8,10H2,(H,18,23)(H,19,20). The van der Waals surface area contributed by atoms with E-state index in [9.17, 15) is 9.59 Å². The summed E-state index contributed by atoms with van der Waals surface area (Å²) >= 11 is 5.85. The molecule has 1 fully saturated rings. The topological polar surface area (TPSA) is 78.1 Å². The second-order valence-corrected chi connectivity index (χ2v) is 5.88. The minimum absolute atomic E-state index is 0.00807. The number of rotatable bonds is 4. The number of hydrogen-bond acceptors (Lipinski definition) is 3. The van der Waals surface area contributed by atoms with Crippen LogP contribution < -0.4 is 5.32 Å². The zero-order valence-electron chi connectivity index (χ0n) is 12.5. The number of amides is 2. The molecule has 0 spiro atoms. The van der Waals surface area contributed by atoms with Crippen molar-refractivity contribution in [2.45, 2.75) is 12.8 Å². The summed E-state index contributed by atoms with van der Waals surface area (Å²) in [6, 6.07) is 8.84. The maximum Gasteiger partial charge on any atom is 0.269 e. The Morgan fingerprint density at radius 1 is 1.22 bits per heavy atom. The van der Waals surface area contributed by atoms with E-state index < -0.39 is 0 Å². The van der Waals surface area contributed by atoms with Gasteiger partial charge in [0.05, 0.1) is 12.2 Å². The molecule has 1 aliphatic rings. The van der Waals surface area contributed by atoms with Crippen LogP contribution in [0.5, 0.6) is 0 Å². The van der Waals surface area contributed by atoms with Crippen LogP contribution in [0.4, 0.5) is 0 Å². The van der Waals surface area contributed by atoms with E-state index >= 15 is 0 Å². The number of aromatic amines is 1. The zero-order valence-corrected chi connectivity index (χ0v) is 13.3. The Hall–Kier alpha value is -2.34. The molecule has 0 aliphatic carbocycles. The molecule has 0 radical (unpaired) electrons. The summed E-state index contributed by atoms with van der Waals surface area (Å²) in [4.78, 5) is 25.8. The fraction of sp³-hybridized carbons (Fsp3) is 0.312. The Morgan fingerprint density at radius 2 is 1.91 bits per heavy atom. The number of nitrogens with one attached hydrogen (secondary N) is 2. The first kappa shape index (κ1) is 15.6. The third kappa shape index (κ3) is 3.71. The number of carbonyl (C=O) groups excluding carboxylic acids is 2. The van der Waals surface area contributed by atoms with E-state index in [0.29, 0.717) is 16.4 Å². The van der Waals surface area contributed by atoms with Gasteiger partial charge in [0.2, 0.25) is 5.91 Å². The van der Waals surface area contributed by atoms with E-state index in [1.54, 1.807) is 23.1 Å². The molecule has 3 rings (SSSR count). The van der Waals surface area contributed by atoms with Crippen LogP contribution in [0.15, 0.2) is 30.3 Å². The third-order valence-electron chi connectivity index (χ3n) is 3.82. The summed E-state index contributed by atoms with van der Waals surface area (Å²) in [6.07, 6.45) is 2.06. The number of likely N-dealkylation sites (tertiary alicyclic amines) is 1. The molecule has 0 unspecified atom stereocenters. The molecule has 2 heterocycles. The van der Waals surface area contributed by atoms with E-state index in [0.717, 1.165) is 31.5 Å². The average Bonchev–Trinajstić information content (AvgIpc) is 3.24. The van der Waals surface area contributed by atoms with Crippen molar-refractivity contribution in [3.8, 4) is 11.3 Å². The van der Waals surface area contributed by atoms with Gasteiger partial charge in [-0.15, -0.1) is 0 Å². The van der Waals surface area contributed by atoms with E-state index in [2.05, 4.69) is 15.5 Å². The van der Waals surface area contributed by atoms with Crippen LogP contribution in [-0.4, -0.2) is 46.5 Å². The lowest BCUT2D eigenvalue weighted by Gasteiger charge is -2.15. The van der Waals surface area contributed by atoms with E-state index in [4.69, 9.17) is 11.6 Å². The molecule has 120 valence electrons. The molecular weight excluding hydrogens is 316 g/mol. The van der Waals surface area contributed by atoms with Crippen molar-refractivity contribution in [2.24, 2.45) is 0 Å². The van der Waals surface area contributed by atoms with Crippen LogP contribution in [-0.2, 0) is 4.79 Å². The van der Waals surface area contributed by atoms with Gasteiger partial charge < -0.3 is 10.2 Å². The summed E-state index contributed by atoms with van der Waals surface area (Å²) in [5, 5.41) is 10.1. The smallest absolute Gasteiger partial charge is 0.269 e. The number of aromatic nitrogens is 2. The lowest BCUT2D eigenvalue weighted by Crippen LogP contribution is -2.38. The highest BCUT2D eigenvalue weighted by Crippen LogP contribution is 2.20. The summed E-state index contributed by atoms with van der Waals surface area (Å²) in [5.74, 6) is -0.390. The molecule has 0 bridgehead atoms. The summed E-state index contributed by atoms with van der Waals surface area (Å²) in [5.41, 5.74) is 1.83. The lowest BCUT2D eigenvalue weighted by molar-refractivity contribution is -0.129. The second-order valence-electron chi connectivity index (χ2n) is 5.44. The van der Waals surface area contributed by atoms with Crippen LogP contribution in [0, 0.1) is 0 Å². The molecule has 0 atom stereocenters. The average molecular weight is 333 g/mol. The van der Waals surface area contributed by atoms with Gasteiger partial charge in [-0.3, -0.25) is 14.7 Å². The van der Waals surface area contributed by atoms with Gasteiger partial charge in [-0.05, 0) is 31.0 Å². The molecule has 2 aromatic rings. The van der Waals surface area contributed by atoms with Gasteiger partial charge in [0, 0.05) is 23.7 Å². The number of H-pyrrole nitrogens is 1. The van der Waals surface area contributed by atoms with Crippen molar-refractivity contribution in [1.29, 1.82) is 0 Å². The molecule has 2 N–H and O–H groups in total. The van der Waals surface area contributed by atoms with Crippen LogP contribution in [0.3, 0.4) is 0 Å². The maximum absolute atomic E-state index is 12.1. The summed E-state index contributed by atoms with van der Waals surface area (Å²) < 4.78 is 0. The van der Waals surface area contributed by atoms with Gasteiger partial charge in [-0.1, -0.05) is 23.7 Å². The van der Waals surface area contributed by atoms with Crippen molar-refractivity contribution < 1.29 is 9.59 Å². The van der Waals surface area contributed by atoms with E-state index in [1.165, 1.54) is 0 Å². The van der Waals surface area contributed by atoms with Crippen LogP contribution >= 0.6 is 11.6 Å². The summed E-state index contributed by atoms with van der Waals surface area (Å²) in [6.45, 7) is 1.56. The van der Waals surface area contributed by atoms with Crippen LogP contribution in [0.1, 0.15) is 23.3 Å². The van der Waals surface area contributed by atoms with Crippen molar-refractivity contribution in [3.05, 3.63) is 41.0 Å². The Bertz CT molecular complexity index is 705. The Kier molecular flexibility index (Phi) is 4.62. The highest BCUT2D eigenvalue weighted by atomic mass is 35.5. The minimum atomic E-state index is -0.342. The molecule has 23 heavy (non-hydrogen) atoms. The molecule has 0 saturated carbocycles. The van der Waals surface area contributed by atoms with Crippen molar-refractivity contribution >= 4 is 23.4 Å². The first-order valence-electron chi connectivity index (χ1n) is 7.51. The largest absolute Gasteiger partial charge is 0.342 e. The van der Waals surface area contributed by atoms with Gasteiger partial charge >= 0.3 is 0 Å². The number of halogens is 1. The third-order valence-corrected chi connectivity index (χ3v) is 4.07. The van der Waals surface area contributed by atoms with Crippen LogP contribution in [0.2, 0.25) is 5.02 Å². The maximum atomic E-state index is 12.1. The number of benzene rings is 1. The normalized spacial score (nSPS) is 14.0. The number of carbonyl (C=O) groups is 2. The Labute approximate surface area is 138 Å². The lowest BCUT2D eigenvalue weighted by atomic mass is 10.1. The summed E-state index contributed by atoms with van der Waals surface area (Å²) in [7, 11) is 0. The van der Waals surface area contributed by atoms with Crippen molar-refractivity contribution in [2.75, 3.05) is 19.6 Å². The fourth-order valence-corrected chi connectivity index (χ4v) is 2.66. The zero-order chi connectivity index (χ0) is 16.2. The van der Waals surface area contributed by atoms with Gasteiger partial charge in [0.25, 0.3) is 5.91 Å². The Morgan fingerprint density at radius 3 is 2.61 bits per heavy atom. The fourth-order valence-electron chi connectivity index (χ4n) is 2.54. The highest BCUT2D eigenvalue weighted by molar-refractivity contribution is 6.30. The predicted molar refractivity (Wildman–Crippen MR) is 87.2 cm³/mol. The molecule has 2 amide bonds. The molecule has 1 aromatic carbocycles. The number of hydrogen-bond donors (Lipinski definition) is 2. The van der Waals surface area contributed by atoms with Crippen molar-refractivity contribution in [1.82, 2.24) is 20.4 Å². The molecule has 1 aromatic heterocycles.